The zero-order valence-corrected chi connectivity index (χ0v) is 14.0. The fourth-order valence-electron chi connectivity index (χ4n) is 4.49. The van der Waals surface area contributed by atoms with Gasteiger partial charge in [-0.25, -0.2) is 0 Å². The smallest absolute Gasteiger partial charge is 0.0927 e. The lowest BCUT2D eigenvalue weighted by atomic mass is 9.69. The standard InChI is InChI=1S/C19H28O2/c1-13(2)19-11-10-18(5,21-19)17(15(19)4)20-12-16-9-7-6-8-14(16)3/h6-9,13,15,17H,10-12H2,1-5H3/t15?,17-,18+,19+/m1/s1. The maximum atomic E-state index is 6.53. The van der Waals surface area contributed by atoms with Crippen LogP contribution in [0.3, 0.4) is 0 Å². The SMILES string of the molecule is Cc1ccccc1CO[C@@H]1C(C)[C@@]2(C(C)C)CC[C@]1(C)O2. The number of benzene rings is 1. The molecule has 1 aromatic rings. The molecule has 0 radical (unpaired) electrons. The van der Waals surface area contributed by atoms with Gasteiger partial charge in [0.1, 0.15) is 0 Å². The van der Waals surface area contributed by atoms with Crippen LogP contribution in [0.25, 0.3) is 0 Å². The van der Waals surface area contributed by atoms with Crippen LogP contribution in [0.1, 0.15) is 51.7 Å². The molecule has 116 valence electrons. The Balaban J connectivity index is 1.76. The molecule has 0 N–H and O–H groups in total. The van der Waals surface area contributed by atoms with Gasteiger partial charge in [0.25, 0.3) is 0 Å². The van der Waals surface area contributed by atoms with Crippen molar-refractivity contribution in [1.82, 2.24) is 0 Å². The Morgan fingerprint density at radius 1 is 1.29 bits per heavy atom. The molecular weight excluding hydrogens is 260 g/mol. The first-order valence-electron chi connectivity index (χ1n) is 8.25. The van der Waals surface area contributed by atoms with Crippen LogP contribution in [0.4, 0.5) is 0 Å². The average molecular weight is 288 g/mol. The minimum atomic E-state index is -0.105. The monoisotopic (exact) mass is 288 g/mol. The molecule has 2 saturated heterocycles. The van der Waals surface area contributed by atoms with E-state index in [1.54, 1.807) is 0 Å². The Morgan fingerprint density at radius 2 is 2.00 bits per heavy atom. The predicted octanol–water partition coefficient (Wildman–Crippen LogP) is 4.49. The van der Waals surface area contributed by atoms with Crippen molar-refractivity contribution in [2.45, 2.75) is 71.4 Å². The molecule has 2 heterocycles. The molecule has 2 aliphatic rings. The first-order chi connectivity index (χ1) is 9.89. The summed E-state index contributed by atoms with van der Waals surface area (Å²) in [7, 11) is 0. The second-order valence-corrected chi connectivity index (χ2v) is 7.47. The van der Waals surface area contributed by atoms with Gasteiger partial charge in [-0.2, -0.15) is 0 Å². The topological polar surface area (TPSA) is 18.5 Å². The number of fused-ring (bicyclic) bond motifs is 2. The molecule has 0 spiro atoms. The number of hydrogen-bond acceptors (Lipinski definition) is 2. The van der Waals surface area contributed by atoms with Crippen molar-refractivity contribution in [2.75, 3.05) is 0 Å². The molecule has 0 amide bonds. The second-order valence-electron chi connectivity index (χ2n) is 7.47. The number of rotatable bonds is 4. The highest BCUT2D eigenvalue weighted by atomic mass is 16.6. The maximum absolute atomic E-state index is 6.53. The zero-order chi connectivity index (χ0) is 15.3. The molecule has 0 aromatic heterocycles. The van der Waals surface area contributed by atoms with E-state index in [0.29, 0.717) is 18.4 Å². The molecule has 4 atom stereocenters. The van der Waals surface area contributed by atoms with E-state index in [0.717, 1.165) is 6.42 Å². The van der Waals surface area contributed by atoms with Gasteiger partial charge in [-0.1, -0.05) is 45.0 Å². The quantitative estimate of drug-likeness (QED) is 0.812. The summed E-state index contributed by atoms with van der Waals surface area (Å²) in [6.45, 7) is 12.0. The molecule has 2 fully saturated rings. The summed E-state index contributed by atoms with van der Waals surface area (Å²) < 4.78 is 12.9. The molecule has 2 aliphatic heterocycles. The van der Waals surface area contributed by atoms with Crippen LogP contribution < -0.4 is 0 Å². The first kappa shape index (κ1) is 15.1. The van der Waals surface area contributed by atoms with Gasteiger partial charge in [0.15, 0.2) is 0 Å². The van der Waals surface area contributed by atoms with E-state index in [4.69, 9.17) is 9.47 Å². The third-order valence-electron chi connectivity index (χ3n) is 5.92. The Labute approximate surface area is 128 Å². The fourth-order valence-corrected chi connectivity index (χ4v) is 4.49. The van der Waals surface area contributed by atoms with Crippen molar-refractivity contribution < 1.29 is 9.47 Å². The van der Waals surface area contributed by atoms with Crippen molar-refractivity contribution in [3.05, 3.63) is 35.4 Å². The van der Waals surface area contributed by atoms with Crippen molar-refractivity contribution >= 4 is 0 Å². The fraction of sp³-hybridized carbons (Fsp3) is 0.684. The maximum Gasteiger partial charge on any atom is 0.0927 e. The lowest BCUT2D eigenvalue weighted by Gasteiger charge is -2.38. The summed E-state index contributed by atoms with van der Waals surface area (Å²) in [5.41, 5.74) is 2.50. The molecule has 0 aliphatic carbocycles. The lowest BCUT2D eigenvalue weighted by molar-refractivity contribution is -0.0961. The highest BCUT2D eigenvalue weighted by Crippen LogP contribution is 2.58. The zero-order valence-electron chi connectivity index (χ0n) is 14.0. The van der Waals surface area contributed by atoms with Crippen molar-refractivity contribution in [3.63, 3.8) is 0 Å². The lowest BCUT2D eigenvalue weighted by Crippen LogP contribution is -2.46. The van der Waals surface area contributed by atoms with Crippen LogP contribution >= 0.6 is 0 Å². The van der Waals surface area contributed by atoms with Crippen LogP contribution in [0.15, 0.2) is 24.3 Å². The van der Waals surface area contributed by atoms with Gasteiger partial charge in [-0.3, -0.25) is 0 Å². The number of ether oxygens (including phenoxy) is 2. The first-order valence-corrected chi connectivity index (χ1v) is 8.25. The van der Waals surface area contributed by atoms with E-state index in [1.807, 2.05) is 0 Å². The molecule has 2 heteroatoms. The van der Waals surface area contributed by atoms with Gasteiger partial charge < -0.3 is 9.47 Å². The van der Waals surface area contributed by atoms with Crippen molar-refractivity contribution in [2.24, 2.45) is 11.8 Å². The average Bonchev–Trinajstić information content (AvgIpc) is 2.90. The third kappa shape index (κ3) is 2.24. The summed E-state index contributed by atoms with van der Waals surface area (Å²) in [5, 5.41) is 0. The molecule has 3 rings (SSSR count). The largest absolute Gasteiger partial charge is 0.370 e. The predicted molar refractivity (Wildman–Crippen MR) is 85.2 cm³/mol. The molecule has 2 nitrogen and oxygen atoms in total. The number of hydrogen-bond donors (Lipinski definition) is 0. The van der Waals surface area contributed by atoms with Gasteiger partial charge >= 0.3 is 0 Å². The van der Waals surface area contributed by atoms with E-state index in [1.165, 1.54) is 17.5 Å². The van der Waals surface area contributed by atoms with Crippen LogP contribution in [0, 0.1) is 18.8 Å². The Kier molecular flexibility index (Phi) is 3.66. The van der Waals surface area contributed by atoms with Crippen molar-refractivity contribution in [1.29, 1.82) is 0 Å². The highest BCUT2D eigenvalue weighted by Gasteiger charge is 2.65. The molecule has 0 saturated carbocycles. The summed E-state index contributed by atoms with van der Waals surface area (Å²) in [5.74, 6) is 1.00. The van der Waals surface area contributed by atoms with Crippen molar-refractivity contribution in [3.8, 4) is 0 Å². The Hall–Kier alpha value is -0.860. The van der Waals surface area contributed by atoms with E-state index in [9.17, 15) is 0 Å². The Bertz CT molecular complexity index is 524. The summed E-state index contributed by atoms with van der Waals surface area (Å²) in [6.07, 6.45) is 2.49. The normalized spacial score (nSPS) is 38.4. The van der Waals surface area contributed by atoms with Crippen LogP contribution in [-0.4, -0.2) is 17.3 Å². The van der Waals surface area contributed by atoms with E-state index in [2.05, 4.69) is 58.9 Å². The second kappa shape index (κ2) is 5.10. The molecule has 21 heavy (non-hydrogen) atoms. The summed E-state index contributed by atoms with van der Waals surface area (Å²) in [4.78, 5) is 0. The van der Waals surface area contributed by atoms with Gasteiger partial charge in [-0.15, -0.1) is 0 Å². The van der Waals surface area contributed by atoms with Gasteiger partial charge in [-0.05, 0) is 43.7 Å². The van der Waals surface area contributed by atoms with Gasteiger partial charge in [0, 0.05) is 5.92 Å². The Morgan fingerprint density at radius 3 is 2.62 bits per heavy atom. The minimum Gasteiger partial charge on any atom is -0.370 e. The van der Waals surface area contributed by atoms with E-state index in [-0.39, 0.29) is 17.3 Å². The van der Waals surface area contributed by atoms with E-state index < -0.39 is 0 Å². The number of aryl methyl sites for hydroxylation is 1. The molecule has 1 aromatic carbocycles. The van der Waals surface area contributed by atoms with Crippen LogP contribution in [0.2, 0.25) is 0 Å². The third-order valence-corrected chi connectivity index (χ3v) is 5.92. The molecule has 2 bridgehead atoms. The molecular formula is C19H28O2. The molecule has 1 unspecified atom stereocenters. The van der Waals surface area contributed by atoms with Gasteiger partial charge in [0.05, 0.1) is 23.9 Å². The minimum absolute atomic E-state index is 0.0190. The summed E-state index contributed by atoms with van der Waals surface area (Å²) in [6, 6.07) is 8.48. The van der Waals surface area contributed by atoms with Gasteiger partial charge in [0.2, 0.25) is 0 Å². The summed E-state index contributed by atoms with van der Waals surface area (Å²) >= 11 is 0. The van der Waals surface area contributed by atoms with E-state index >= 15 is 0 Å². The van der Waals surface area contributed by atoms with Crippen LogP contribution in [-0.2, 0) is 16.1 Å². The van der Waals surface area contributed by atoms with Crippen LogP contribution in [0.5, 0.6) is 0 Å². The highest BCUT2D eigenvalue weighted by molar-refractivity contribution is 5.25.